The van der Waals surface area contributed by atoms with Gasteiger partial charge in [0, 0.05) is 16.7 Å². The van der Waals surface area contributed by atoms with Gasteiger partial charge in [0.2, 0.25) is 0 Å². The van der Waals surface area contributed by atoms with Crippen LogP contribution in [0.5, 0.6) is 0 Å². The molecule has 0 saturated carbocycles. The van der Waals surface area contributed by atoms with E-state index >= 15 is 0 Å². The number of rotatable bonds is 7. The van der Waals surface area contributed by atoms with Crippen LogP contribution in [0.25, 0.3) is 0 Å². The first kappa shape index (κ1) is 14.6. The Bertz CT molecular complexity index is 336. The second-order valence-electron chi connectivity index (χ2n) is 4.61. The molecule has 2 heteroatoms. The van der Waals surface area contributed by atoms with Gasteiger partial charge in [0.1, 0.15) is 0 Å². The Kier molecular flexibility index (Phi) is 6.68. The van der Waals surface area contributed by atoms with E-state index in [1.165, 1.54) is 28.9 Å². The van der Waals surface area contributed by atoms with E-state index in [0.717, 1.165) is 13.1 Å². The first-order valence-corrected chi connectivity index (χ1v) is 7.52. The number of aryl methyl sites for hydroxylation is 1. The fraction of sp³-hybridized carbons (Fsp3) is 0.600. The zero-order chi connectivity index (χ0) is 12.7. The third-order valence-corrected chi connectivity index (χ3v) is 4.35. The molecular formula is C15H25NS. The summed E-state index contributed by atoms with van der Waals surface area (Å²) in [5.41, 5.74) is 2.80. The first-order valence-electron chi connectivity index (χ1n) is 6.64. The fourth-order valence-electron chi connectivity index (χ4n) is 1.66. The number of thioether (sulfide) groups is 1. The van der Waals surface area contributed by atoms with E-state index in [1.54, 1.807) is 0 Å². The number of hydrogen-bond acceptors (Lipinski definition) is 2. The summed E-state index contributed by atoms with van der Waals surface area (Å²) in [6.07, 6.45) is 2.42. The lowest BCUT2D eigenvalue weighted by Gasteiger charge is -2.12. The first-order chi connectivity index (χ1) is 8.17. The van der Waals surface area contributed by atoms with E-state index < -0.39 is 0 Å². The molecule has 0 amide bonds. The van der Waals surface area contributed by atoms with Crippen LogP contribution >= 0.6 is 11.8 Å². The molecule has 0 radical (unpaired) electrons. The highest BCUT2D eigenvalue weighted by molar-refractivity contribution is 8.00. The lowest BCUT2D eigenvalue weighted by atomic mass is 10.1. The van der Waals surface area contributed by atoms with Gasteiger partial charge in [-0.05, 0) is 43.5 Å². The highest BCUT2D eigenvalue weighted by Crippen LogP contribution is 2.28. The van der Waals surface area contributed by atoms with Crippen molar-refractivity contribution in [2.24, 2.45) is 0 Å². The molecule has 1 nitrogen and oxygen atoms in total. The van der Waals surface area contributed by atoms with Crippen molar-refractivity contribution in [2.45, 2.75) is 57.2 Å². The van der Waals surface area contributed by atoms with Crippen LogP contribution in [-0.2, 0) is 6.54 Å². The predicted octanol–water partition coefficient (Wildman–Crippen LogP) is 4.39. The molecule has 0 aliphatic heterocycles. The normalized spacial score (nSPS) is 12.7. The molecule has 96 valence electrons. The van der Waals surface area contributed by atoms with Crippen molar-refractivity contribution in [1.29, 1.82) is 0 Å². The summed E-state index contributed by atoms with van der Waals surface area (Å²) in [6, 6.07) is 6.84. The maximum atomic E-state index is 3.44. The minimum absolute atomic E-state index is 0.706. The average Bonchev–Trinajstić information content (AvgIpc) is 2.32. The van der Waals surface area contributed by atoms with Crippen molar-refractivity contribution in [3.8, 4) is 0 Å². The van der Waals surface area contributed by atoms with Gasteiger partial charge >= 0.3 is 0 Å². The minimum Gasteiger partial charge on any atom is -0.313 e. The van der Waals surface area contributed by atoms with Crippen LogP contribution in [-0.4, -0.2) is 11.8 Å². The zero-order valence-electron chi connectivity index (χ0n) is 11.5. The van der Waals surface area contributed by atoms with Crippen molar-refractivity contribution in [1.82, 2.24) is 5.32 Å². The van der Waals surface area contributed by atoms with Crippen LogP contribution in [0, 0.1) is 6.92 Å². The fourth-order valence-corrected chi connectivity index (χ4v) is 2.65. The number of hydrogen-bond donors (Lipinski definition) is 1. The average molecular weight is 251 g/mol. The molecule has 1 N–H and O–H groups in total. The van der Waals surface area contributed by atoms with Crippen molar-refractivity contribution in [3.63, 3.8) is 0 Å². The quantitative estimate of drug-likeness (QED) is 0.570. The smallest absolute Gasteiger partial charge is 0.0205 e. The molecule has 1 aromatic carbocycles. The van der Waals surface area contributed by atoms with Gasteiger partial charge in [0.05, 0.1) is 0 Å². The van der Waals surface area contributed by atoms with Crippen molar-refractivity contribution in [2.75, 3.05) is 6.54 Å². The third kappa shape index (κ3) is 5.13. The molecule has 17 heavy (non-hydrogen) atoms. The third-order valence-electron chi connectivity index (χ3n) is 2.90. The monoisotopic (exact) mass is 251 g/mol. The van der Waals surface area contributed by atoms with Crippen molar-refractivity contribution in [3.05, 3.63) is 29.3 Å². The van der Waals surface area contributed by atoms with E-state index in [0.29, 0.717) is 5.25 Å². The lowest BCUT2D eigenvalue weighted by Crippen LogP contribution is -2.13. The zero-order valence-corrected chi connectivity index (χ0v) is 12.4. The van der Waals surface area contributed by atoms with E-state index in [9.17, 15) is 0 Å². The molecule has 0 aliphatic carbocycles. The van der Waals surface area contributed by atoms with Gasteiger partial charge in [-0.3, -0.25) is 0 Å². The summed E-state index contributed by atoms with van der Waals surface area (Å²) in [4.78, 5) is 1.43. The topological polar surface area (TPSA) is 12.0 Å². The number of nitrogens with one attached hydrogen (secondary N) is 1. The van der Waals surface area contributed by atoms with Crippen molar-refractivity contribution >= 4 is 11.8 Å². The molecule has 0 aliphatic rings. The summed E-state index contributed by atoms with van der Waals surface area (Å²) in [6.45, 7) is 11.0. The van der Waals surface area contributed by atoms with Crippen LogP contribution < -0.4 is 5.32 Å². The Morgan fingerprint density at radius 2 is 2.06 bits per heavy atom. The van der Waals surface area contributed by atoms with Gasteiger partial charge in [0.15, 0.2) is 0 Å². The van der Waals surface area contributed by atoms with Gasteiger partial charge < -0.3 is 5.32 Å². The Morgan fingerprint density at radius 3 is 2.65 bits per heavy atom. The van der Waals surface area contributed by atoms with Gasteiger partial charge in [0.25, 0.3) is 0 Å². The summed E-state index contributed by atoms with van der Waals surface area (Å²) < 4.78 is 0. The van der Waals surface area contributed by atoms with Crippen LogP contribution in [0.15, 0.2) is 23.1 Å². The largest absolute Gasteiger partial charge is 0.313 e. The van der Waals surface area contributed by atoms with E-state index in [1.807, 2.05) is 11.8 Å². The highest BCUT2D eigenvalue weighted by Gasteiger charge is 2.05. The van der Waals surface area contributed by atoms with E-state index in [-0.39, 0.29) is 0 Å². The van der Waals surface area contributed by atoms with Crippen LogP contribution in [0.2, 0.25) is 0 Å². The van der Waals surface area contributed by atoms with Crippen LogP contribution in [0.3, 0.4) is 0 Å². The molecule has 0 bridgehead atoms. The number of benzene rings is 1. The summed E-state index contributed by atoms with van der Waals surface area (Å²) >= 11 is 1.99. The summed E-state index contributed by atoms with van der Waals surface area (Å²) in [5.74, 6) is 0. The Morgan fingerprint density at radius 1 is 1.29 bits per heavy atom. The van der Waals surface area contributed by atoms with E-state index in [4.69, 9.17) is 0 Å². The predicted molar refractivity (Wildman–Crippen MR) is 78.8 cm³/mol. The van der Waals surface area contributed by atoms with Gasteiger partial charge in [-0.2, -0.15) is 0 Å². The highest BCUT2D eigenvalue weighted by atomic mass is 32.2. The van der Waals surface area contributed by atoms with Crippen LogP contribution in [0.1, 0.15) is 44.7 Å². The second-order valence-corrected chi connectivity index (χ2v) is 6.09. The molecule has 1 atom stereocenters. The van der Waals surface area contributed by atoms with Crippen LogP contribution in [0.4, 0.5) is 0 Å². The molecule has 0 aromatic heterocycles. The maximum Gasteiger partial charge on any atom is 0.0205 e. The minimum atomic E-state index is 0.706. The maximum absolute atomic E-state index is 3.44. The Balaban J connectivity index is 2.59. The Labute approximate surface area is 110 Å². The summed E-state index contributed by atoms with van der Waals surface area (Å²) in [7, 11) is 0. The van der Waals surface area contributed by atoms with E-state index in [2.05, 4.69) is 51.2 Å². The molecular weight excluding hydrogens is 226 g/mol. The second kappa shape index (κ2) is 7.78. The molecule has 1 rings (SSSR count). The standard InChI is InChI=1S/C15H25NS/c1-5-9-16-11-14-7-8-15(12(3)10-14)17-13(4)6-2/h7-8,10,13,16H,5-6,9,11H2,1-4H3. The molecule has 1 unspecified atom stereocenters. The van der Waals surface area contributed by atoms with Gasteiger partial charge in [-0.25, -0.2) is 0 Å². The van der Waals surface area contributed by atoms with Gasteiger partial charge in [-0.15, -0.1) is 11.8 Å². The molecule has 1 aromatic rings. The lowest BCUT2D eigenvalue weighted by molar-refractivity contribution is 0.675. The molecule has 0 spiro atoms. The molecule has 0 heterocycles. The molecule has 0 fully saturated rings. The van der Waals surface area contributed by atoms with Gasteiger partial charge in [-0.1, -0.05) is 32.9 Å². The van der Waals surface area contributed by atoms with Crippen molar-refractivity contribution < 1.29 is 0 Å². The summed E-state index contributed by atoms with van der Waals surface area (Å²) in [5, 5.41) is 4.15. The Hall–Kier alpha value is -0.470. The molecule has 0 saturated heterocycles. The SMILES string of the molecule is CCCNCc1ccc(SC(C)CC)c(C)c1.